The van der Waals surface area contributed by atoms with E-state index < -0.39 is 0 Å². The Morgan fingerprint density at radius 3 is 2.59 bits per heavy atom. The molecule has 0 amide bonds. The monoisotopic (exact) mass is 300 g/mol. The number of carbonyl (C=O) groups excluding carboxylic acids is 1. The summed E-state index contributed by atoms with van der Waals surface area (Å²) in [5.74, 6) is 1.39. The van der Waals surface area contributed by atoms with Crippen LogP contribution in [0.4, 0.5) is 0 Å². The quantitative estimate of drug-likeness (QED) is 0.458. The van der Waals surface area contributed by atoms with Crippen molar-refractivity contribution in [3.8, 4) is 0 Å². The van der Waals surface area contributed by atoms with Gasteiger partial charge in [0.15, 0.2) is 0 Å². The van der Waals surface area contributed by atoms with E-state index in [-0.39, 0.29) is 5.41 Å². The Morgan fingerprint density at radius 2 is 1.86 bits per heavy atom. The number of hydrogen-bond acceptors (Lipinski definition) is 1. The van der Waals surface area contributed by atoms with E-state index in [9.17, 15) is 4.79 Å². The first kappa shape index (κ1) is 15.0. The third kappa shape index (κ3) is 1.49. The minimum Gasteiger partial charge on any atom is -0.303 e. The highest BCUT2D eigenvalue weighted by Crippen LogP contribution is 2.77. The summed E-state index contributed by atoms with van der Waals surface area (Å²) in [4.78, 5) is 11.9. The van der Waals surface area contributed by atoms with E-state index >= 15 is 0 Å². The van der Waals surface area contributed by atoms with Gasteiger partial charge in [-0.05, 0) is 79.4 Å². The molecule has 0 aromatic heterocycles. The van der Waals surface area contributed by atoms with E-state index in [0.717, 1.165) is 12.3 Å². The predicted molar refractivity (Wildman–Crippen MR) is 90.5 cm³/mol. The molecular formula is C21H32O. The Hall–Kier alpha value is -0.590. The van der Waals surface area contributed by atoms with Gasteiger partial charge in [-0.3, -0.25) is 0 Å². The highest BCUT2D eigenvalue weighted by Gasteiger charge is 2.69. The summed E-state index contributed by atoms with van der Waals surface area (Å²) in [6.45, 7) is 11.8. The van der Waals surface area contributed by atoms with Gasteiger partial charge in [0.2, 0.25) is 0 Å². The second-order valence-electron chi connectivity index (χ2n) is 9.87. The lowest BCUT2D eigenvalue weighted by Gasteiger charge is -2.69. The number of fused-ring (bicyclic) bond motifs is 3. The zero-order valence-electron chi connectivity index (χ0n) is 14.7. The summed E-state index contributed by atoms with van der Waals surface area (Å²) in [6, 6.07) is 0. The van der Waals surface area contributed by atoms with Crippen molar-refractivity contribution in [2.45, 2.75) is 78.6 Å². The van der Waals surface area contributed by atoms with Gasteiger partial charge in [0.25, 0.3) is 0 Å². The molecule has 22 heavy (non-hydrogen) atoms. The summed E-state index contributed by atoms with van der Waals surface area (Å²) < 4.78 is 0. The summed E-state index contributed by atoms with van der Waals surface area (Å²) in [7, 11) is 0. The van der Waals surface area contributed by atoms with Crippen molar-refractivity contribution in [3.05, 3.63) is 12.2 Å². The van der Waals surface area contributed by atoms with Gasteiger partial charge in [0.05, 0.1) is 0 Å². The molecule has 1 spiro atoms. The molecule has 4 aliphatic carbocycles. The molecule has 1 nitrogen and oxygen atoms in total. The Morgan fingerprint density at radius 1 is 1.09 bits per heavy atom. The van der Waals surface area contributed by atoms with Crippen molar-refractivity contribution < 1.29 is 4.79 Å². The first-order valence-corrected chi connectivity index (χ1v) is 9.44. The van der Waals surface area contributed by atoms with E-state index in [4.69, 9.17) is 0 Å². The lowest BCUT2D eigenvalue weighted by atomic mass is 9.35. The van der Waals surface area contributed by atoms with E-state index in [2.05, 4.69) is 27.4 Å². The van der Waals surface area contributed by atoms with Crippen LogP contribution in [0.3, 0.4) is 0 Å². The van der Waals surface area contributed by atoms with Gasteiger partial charge in [-0.25, -0.2) is 0 Å². The van der Waals surface area contributed by atoms with Crippen molar-refractivity contribution in [2.75, 3.05) is 0 Å². The standard InChI is InChI=1S/C21H32O/c1-15-12-21-11-7-17-18(2,14-22)8-5-9-19(17,3)20(21,4)10-6-16(15)13-21/h14,16-17H,1,5-13H2,2-4H3/t16-,17-,18+,19-,20+,21?/m1/s1. The molecule has 0 aromatic rings. The zero-order valence-corrected chi connectivity index (χ0v) is 14.7. The van der Waals surface area contributed by atoms with E-state index in [1.165, 1.54) is 57.7 Å². The molecule has 0 saturated heterocycles. The largest absolute Gasteiger partial charge is 0.303 e. The number of hydrogen-bond donors (Lipinski definition) is 0. The first-order valence-electron chi connectivity index (χ1n) is 9.44. The SMILES string of the molecule is C=C1CC23CC[C@@H]4[C@](C)(C=O)CCC[C@@]4(C)[C@]2(C)CC[C@@H]1C3. The molecule has 4 aliphatic rings. The molecule has 1 unspecified atom stereocenters. The van der Waals surface area contributed by atoms with Crippen molar-refractivity contribution in [2.24, 2.45) is 33.5 Å². The van der Waals surface area contributed by atoms with E-state index in [0.29, 0.717) is 22.2 Å². The maximum absolute atomic E-state index is 11.9. The average molecular weight is 300 g/mol. The van der Waals surface area contributed by atoms with Crippen LogP contribution in [0.1, 0.15) is 78.6 Å². The molecule has 0 radical (unpaired) electrons. The lowest BCUT2D eigenvalue weighted by molar-refractivity contribution is -0.204. The topological polar surface area (TPSA) is 17.1 Å². The fraction of sp³-hybridized carbons (Fsp3) is 0.857. The average Bonchev–Trinajstić information content (AvgIpc) is 2.75. The highest BCUT2D eigenvalue weighted by atomic mass is 16.1. The molecule has 4 saturated carbocycles. The lowest BCUT2D eigenvalue weighted by Crippen LogP contribution is -2.62. The molecule has 0 aromatic carbocycles. The van der Waals surface area contributed by atoms with Crippen molar-refractivity contribution >= 4 is 6.29 Å². The number of rotatable bonds is 1. The number of allylic oxidation sites excluding steroid dienone is 1. The molecule has 2 bridgehead atoms. The van der Waals surface area contributed by atoms with Gasteiger partial charge in [0.1, 0.15) is 6.29 Å². The van der Waals surface area contributed by atoms with Crippen molar-refractivity contribution in [1.82, 2.24) is 0 Å². The minimum atomic E-state index is -0.0793. The Kier molecular flexibility index (Phi) is 2.91. The number of carbonyl (C=O) groups is 1. The molecule has 1 heteroatoms. The van der Waals surface area contributed by atoms with Crippen LogP contribution in [0.2, 0.25) is 0 Å². The van der Waals surface area contributed by atoms with Crippen LogP contribution in [0.15, 0.2) is 12.2 Å². The van der Waals surface area contributed by atoms with E-state index in [1.807, 2.05) is 0 Å². The molecule has 0 aliphatic heterocycles. The second-order valence-corrected chi connectivity index (χ2v) is 9.87. The van der Waals surface area contributed by atoms with Crippen LogP contribution in [-0.4, -0.2) is 6.29 Å². The fourth-order valence-electron chi connectivity index (χ4n) is 7.86. The summed E-state index contributed by atoms with van der Waals surface area (Å²) in [5.41, 5.74) is 2.71. The fourth-order valence-corrected chi connectivity index (χ4v) is 7.86. The van der Waals surface area contributed by atoms with Crippen LogP contribution in [0, 0.1) is 33.5 Å². The molecule has 6 atom stereocenters. The molecule has 122 valence electrons. The van der Waals surface area contributed by atoms with Gasteiger partial charge < -0.3 is 4.79 Å². The van der Waals surface area contributed by atoms with Gasteiger partial charge >= 0.3 is 0 Å². The van der Waals surface area contributed by atoms with Gasteiger partial charge in [-0.1, -0.05) is 39.3 Å². The molecule has 0 N–H and O–H groups in total. The van der Waals surface area contributed by atoms with Crippen LogP contribution in [0.25, 0.3) is 0 Å². The van der Waals surface area contributed by atoms with Crippen molar-refractivity contribution in [3.63, 3.8) is 0 Å². The molecule has 0 heterocycles. The second kappa shape index (κ2) is 4.28. The molecule has 4 fully saturated rings. The first-order chi connectivity index (χ1) is 10.3. The Bertz CT molecular complexity index is 536. The van der Waals surface area contributed by atoms with Crippen LogP contribution >= 0.6 is 0 Å². The summed E-state index contributed by atoms with van der Waals surface area (Å²) >= 11 is 0. The summed E-state index contributed by atoms with van der Waals surface area (Å²) in [5, 5.41) is 0. The van der Waals surface area contributed by atoms with Gasteiger partial charge in [-0.15, -0.1) is 0 Å². The highest BCUT2D eigenvalue weighted by molar-refractivity contribution is 5.60. The smallest absolute Gasteiger partial charge is 0.126 e. The minimum absolute atomic E-state index is 0.0793. The number of aldehydes is 1. The van der Waals surface area contributed by atoms with Crippen LogP contribution in [-0.2, 0) is 4.79 Å². The maximum atomic E-state index is 11.9. The molecule has 4 rings (SSSR count). The Balaban J connectivity index is 1.82. The van der Waals surface area contributed by atoms with Gasteiger partial charge in [-0.2, -0.15) is 0 Å². The van der Waals surface area contributed by atoms with E-state index in [1.54, 1.807) is 5.57 Å². The maximum Gasteiger partial charge on any atom is 0.126 e. The third-order valence-corrected chi connectivity index (χ3v) is 9.36. The summed E-state index contributed by atoms with van der Waals surface area (Å²) in [6.07, 6.45) is 13.0. The normalized spacial score (nSPS) is 57.1. The van der Waals surface area contributed by atoms with Crippen LogP contribution in [0.5, 0.6) is 0 Å². The predicted octanol–water partition coefficient (Wildman–Crippen LogP) is 5.54. The van der Waals surface area contributed by atoms with Crippen molar-refractivity contribution in [1.29, 1.82) is 0 Å². The zero-order chi connectivity index (χ0) is 15.8. The Labute approximate surface area is 135 Å². The third-order valence-electron chi connectivity index (χ3n) is 9.36. The molecular weight excluding hydrogens is 268 g/mol. The van der Waals surface area contributed by atoms with Crippen LogP contribution < -0.4 is 0 Å². The van der Waals surface area contributed by atoms with Gasteiger partial charge in [0, 0.05) is 5.41 Å².